The van der Waals surface area contributed by atoms with Gasteiger partial charge in [0, 0.05) is 24.3 Å². The molecule has 31 heavy (non-hydrogen) atoms. The fraction of sp³-hybridized carbons (Fsp3) is 0.182. The van der Waals surface area contributed by atoms with Gasteiger partial charge in [0.05, 0.1) is 23.9 Å². The van der Waals surface area contributed by atoms with E-state index >= 15 is 0 Å². The lowest BCUT2D eigenvalue weighted by Gasteiger charge is -2.23. The highest BCUT2D eigenvalue weighted by Gasteiger charge is 2.11. The first kappa shape index (κ1) is 21.4. The Morgan fingerprint density at radius 1 is 1.23 bits per heavy atom. The minimum Gasteiger partial charge on any atom is -0.481 e. The first-order chi connectivity index (χ1) is 14.9. The monoisotopic (exact) mass is 419 g/mol. The number of hydrogen-bond donors (Lipinski definition) is 4. The number of aromatic amines is 1. The van der Waals surface area contributed by atoms with Crippen molar-refractivity contribution < 1.29 is 14.7 Å². The van der Waals surface area contributed by atoms with Crippen LogP contribution in [0.15, 0.2) is 47.3 Å². The zero-order chi connectivity index (χ0) is 22.4. The molecule has 0 fully saturated rings. The van der Waals surface area contributed by atoms with Crippen LogP contribution in [0, 0.1) is 12.3 Å². The molecule has 1 aromatic heterocycles. The summed E-state index contributed by atoms with van der Waals surface area (Å²) in [6.45, 7) is 0.813. The largest absolute Gasteiger partial charge is 0.481 e. The van der Waals surface area contributed by atoms with Gasteiger partial charge in [-0.2, -0.15) is 0 Å². The Labute approximate surface area is 177 Å². The number of terminal acetylenes is 1. The summed E-state index contributed by atoms with van der Waals surface area (Å²) in [4.78, 5) is 43.3. The van der Waals surface area contributed by atoms with Crippen LogP contribution >= 0.6 is 0 Å². The fourth-order valence-corrected chi connectivity index (χ4v) is 3.08. The van der Waals surface area contributed by atoms with Crippen LogP contribution in [0.5, 0.6) is 0 Å². The number of amides is 1. The van der Waals surface area contributed by atoms with Crippen LogP contribution in [0.25, 0.3) is 10.9 Å². The summed E-state index contributed by atoms with van der Waals surface area (Å²) in [5.74, 6) is 1.35. The summed E-state index contributed by atoms with van der Waals surface area (Å²) in [5, 5.41) is 11.6. The second-order valence-electron chi connectivity index (χ2n) is 6.81. The zero-order valence-electron chi connectivity index (χ0n) is 16.6. The Balaban J connectivity index is 1.77. The number of nitrogen functional groups attached to an aromatic ring is 1. The second-order valence-corrected chi connectivity index (χ2v) is 6.81. The molecule has 2 aromatic carbocycles. The number of nitrogens with one attached hydrogen (secondary N) is 2. The van der Waals surface area contributed by atoms with Crippen molar-refractivity contribution >= 4 is 34.4 Å². The molecule has 0 saturated heterocycles. The molecule has 0 saturated carbocycles. The van der Waals surface area contributed by atoms with E-state index in [-0.39, 0.29) is 30.4 Å². The van der Waals surface area contributed by atoms with E-state index in [1.807, 2.05) is 11.0 Å². The molecule has 5 N–H and O–H groups in total. The quantitative estimate of drug-likeness (QED) is 0.404. The lowest BCUT2D eigenvalue weighted by molar-refractivity contribution is -0.136. The van der Waals surface area contributed by atoms with Gasteiger partial charge in [-0.25, -0.2) is 4.98 Å². The van der Waals surface area contributed by atoms with Crippen molar-refractivity contribution in [3.8, 4) is 12.3 Å². The number of nitrogens with two attached hydrogens (primary N) is 1. The number of carboxylic acids is 1. The molecule has 0 radical (unpaired) electrons. The van der Waals surface area contributed by atoms with Crippen molar-refractivity contribution in [2.24, 2.45) is 0 Å². The molecule has 0 atom stereocenters. The summed E-state index contributed by atoms with van der Waals surface area (Å²) < 4.78 is 0. The van der Waals surface area contributed by atoms with E-state index in [0.717, 1.165) is 11.3 Å². The lowest BCUT2D eigenvalue weighted by Crippen LogP contribution is -2.26. The molecule has 0 aliphatic heterocycles. The van der Waals surface area contributed by atoms with Crippen LogP contribution in [0.3, 0.4) is 0 Å². The number of benzene rings is 2. The third-order valence-corrected chi connectivity index (χ3v) is 4.56. The van der Waals surface area contributed by atoms with E-state index in [1.165, 1.54) is 0 Å². The number of carbonyl (C=O) groups is 2. The smallest absolute Gasteiger partial charge is 0.305 e. The number of H-pyrrole nitrogens is 1. The van der Waals surface area contributed by atoms with Gasteiger partial charge in [0.2, 0.25) is 5.95 Å². The summed E-state index contributed by atoms with van der Waals surface area (Å²) in [7, 11) is 0. The van der Waals surface area contributed by atoms with Gasteiger partial charge in [-0.05, 0) is 42.0 Å². The van der Waals surface area contributed by atoms with Crippen molar-refractivity contribution in [3.63, 3.8) is 0 Å². The molecule has 1 amide bonds. The van der Waals surface area contributed by atoms with Gasteiger partial charge < -0.3 is 21.1 Å². The molecule has 0 aliphatic rings. The molecule has 3 aromatic rings. The van der Waals surface area contributed by atoms with E-state index < -0.39 is 5.97 Å². The molecular weight excluding hydrogens is 398 g/mol. The molecule has 0 spiro atoms. The Bertz CT molecular complexity index is 1210. The zero-order valence-corrected chi connectivity index (χ0v) is 16.6. The van der Waals surface area contributed by atoms with E-state index in [4.69, 9.17) is 17.3 Å². The van der Waals surface area contributed by atoms with E-state index in [9.17, 15) is 14.4 Å². The summed E-state index contributed by atoms with van der Waals surface area (Å²) in [5.41, 5.74) is 7.84. The minimum absolute atomic E-state index is 0.0563. The number of nitrogens with zero attached hydrogens (tertiary/aromatic N) is 2. The van der Waals surface area contributed by atoms with Gasteiger partial charge in [0.25, 0.3) is 11.5 Å². The molecular formula is C22H21N5O4. The topological polar surface area (TPSA) is 141 Å². The van der Waals surface area contributed by atoms with Crippen molar-refractivity contribution in [2.45, 2.75) is 13.0 Å². The Morgan fingerprint density at radius 2 is 1.97 bits per heavy atom. The van der Waals surface area contributed by atoms with Crippen LogP contribution in [-0.2, 0) is 11.3 Å². The molecule has 0 aliphatic carbocycles. The molecule has 158 valence electrons. The lowest BCUT2D eigenvalue weighted by atomic mass is 10.1. The standard InChI is InChI=1S/C22H21N5O4/c1-2-11-27(13-14-3-8-18-17(12-14)21(31)26-22(23)25-18)16-6-4-15(5-7-16)20(30)24-10-9-19(28)29/h1,3-8,12H,9-11,13H2,(H,24,30)(H,28,29)(H3,23,25,26,31). The molecule has 0 unspecified atom stereocenters. The predicted molar refractivity (Wildman–Crippen MR) is 118 cm³/mol. The molecule has 9 heteroatoms. The average molecular weight is 419 g/mol. The highest BCUT2D eigenvalue weighted by Crippen LogP contribution is 2.20. The summed E-state index contributed by atoms with van der Waals surface area (Å²) in [6, 6.07) is 12.1. The number of hydrogen-bond acceptors (Lipinski definition) is 6. The van der Waals surface area contributed by atoms with Gasteiger partial charge in [-0.1, -0.05) is 12.0 Å². The van der Waals surface area contributed by atoms with Crippen LogP contribution in [0.4, 0.5) is 11.6 Å². The van der Waals surface area contributed by atoms with E-state index in [0.29, 0.717) is 29.6 Å². The van der Waals surface area contributed by atoms with Crippen molar-refractivity contribution in [1.29, 1.82) is 0 Å². The summed E-state index contributed by atoms with van der Waals surface area (Å²) in [6.07, 6.45) is 5.38. The van der Waals surface area contributed by atoms with Gasteiger partial charge in [-0.3, -0.25) is 19.4 Å². The Morgan fingerprint density at radius 3 is 2.65 bits per heavy atom. The third-order valence-electron chi connectivity index (χ3n) is 4.56. The number of anilines is 2. The van der Waals surface area contributed by atoms with Crippen LogP contribution in [0.2, 0.25) is 0 Å². The molecule has 3 rings (SSSR count). The second kappa shape index (κ2) is 9.45. The van der Waals surface area contributed by atoms with Crippen LogP contribution in [0.1, 0.15) is 22.3 Å². The van der Waals surface area contributed by atoms with E-state index in [1.54, 1.807) is 36.4 Å². The first-order valence-electron chi connectivity index (χ1n) is 9.44. The number of aromatic nitrogens is 2. The van der Waals surface area contributed by atoms with Gasteiger partial charge in [-0.15, -0.1) is 6.42 Å². The first-order valence-corrected chi connectivity index (χ1v) is 9.44. The van der Waals surface area contributed by atoms with Crippen molar-refractivity contribution in [2.75, 3.05) is 23.7 Å². The van der Waals surface area contributed by atoms with E-state index in [2.05, 4.69) is 21.2 Å². The maximum atomic E-state index is 12.2. The number of aliphatic carboxylic acids is 1. The highest BCUT2D eigenvalue weighted by atomic mass is 16.4. The number of carboxylic acid groups (broad SMARTS) is 1. The summed E-state index contributed by atoms with van der Waals surface area (Å²) >= 11 is 0. The Kier molecular flexibility index (Phi) is 6.52. The van der Waals surface area contributed by atoms with Gasteiger partial charge >= 0.3 is 5.97 Å². The molecule has 1 heterocycles. The number of fused-ring (bicyclic) bond motifs is 1. The highest BCUT2D eigenvalue weighted by molar-refractivity contribution is 5.94. The minimum atomic E-state index is -0.976. The van der Waals surface area contributed by atoms with Crippen molar-refractivity contribution in [1.82, 2.24) is 15.3 Å². The van der Waals surface area contributed by atoms with Gasteiger partial charge in [0.1, 0.15) is 0 Å². The van der Waals surface area contributed by atoms with Gasteiger partial charge in [0.15, 0.2) is 0 Å². The normalized spacial score (nSPS) is 10.4. The average Bonchev–Trinajstić information content (AvgIpc) is 2.73. The van der Waals surface area contributed by atoms with Crippen molar-refractivity contribution in [3.05, 3.63) is 63.9 Å². The van der Waals surface area contributed by atoms with Crippen LogP contribution < -0.4 is 21.5 Å². The van der Waals surface area contributed by atoms with Crippen LogP contribution in [-0.4, -0.2) is 40.0 Å². The number of carbonyl (C=O) groups excluding carboxylic acids is 1. The maximum absolute atomic E-state index is 12.2. The predicted octanol–water partition coefficient (Wildman–Crippen LogP) is 1.35. The Hall–Kier alpha value is -4.32. The fourth-order valence-electron chi connectivity index (χ4n) is 3.08. The molecule has 0 bridgehead atoms. The molecule has 9 nitrogen and oxygen atoms in total. The maximum Gasteiger partial charge on any atom is 0.305 e. The SMILES string of the molecule is C#CCN(Cc1ccc2nc(N)[nH]c(=O)c2c1)c1ccc(C(=O)NCCC(=O)O)cc1. The number of rotatable bonds is 8. The third kappa shape index (κ3) is 5.39.